The number of hydrogen-bond donors (Lipinski definition) is 1. The molecule has 1 heterocycles. The standard InChI is InChI=1S/C20H18F2N2O3S/c1-12(18(25)23-17-11-13(21)7-8-16(17)22)28-10-4-9-24-19(26)14-5-2-3-6-15(14)20(24)27/h2-3,5-8,11-12H,4,9-10H2,1H3,(H,23,25). The Kier molecular flexibility index (Phi) is 6.08. The van der Waals surface area contributed by atoms with E-state index in [-0.39, 0.29) is 24.0 Å². The van der Waals surface area contributed by atoms with Crippen LogP contribution in [0.3, 0.4) is 0 Å². The van der Waals surface area contributed by atoms with E-state index in [0.717, 1.165) is 18.2 Å². The molecule has 146 valence electrons. The van der Waals surface area contributed by atoms with E-state index >= 15 is 0 Å². The minimum atomic E-state index is -0.711. The second kappa shape index (κ2) is 8.52. The van der Waals surface area contributed by atoms with Crippen LogP contribution in [0, 0.1) is 11.6 Å². The minimum Gasteiger partial charge on any atom is -0.323 e. The lowest BCUT2D eigenvalue weighted by Gasteiger charge is -2.15. The van der Waals surface area contributed by atoms with Gasteiger partial charge in [-0.1, -0.05) is 12.1 Å². The molecule has 0 spiro atoms. The molecule has 3 rings (SSSR count). The number of anilines is 1. The molecule has 0 fully saturated rings. The Hall–Kier alpha value is -2.74. The van der Waals surface area contributed by atoms with Gasteiger partial charge in [0.25, 0.3) is 11.8 Å². The molecule has 28 heavy (non-hydrogen) atoms. The molecule has 0 saturated carbocycles. The van der Waals surface area contributed by atoms with Crippen LogP contribution in [0.2, 0.25) is 0 Å². The summed E-state index contributed by atoms with van der Waals surface area (Å²) >= 11 is 1.31. The van der Waals surface area contributed by atoms with Gasteiger partial charge in [0, 0.05) is 12.6 Å². The first-order valence-electron chi connectivity index (χ1n) is 8.71. The van der Waals surface area contributed by atoms with Crippen LogP contribution in [-0.4, -0.2) is 40.2 Å². The number of rotatable bonds is 7. The number of fused-ring (bicyclic) bond motifs is 1. The fourth-order valence-electron chi connectivity index (χ4n) is 2.83. The van der Waals surface area contributed by atoms with Gasteiger partial charge in [-0.25, -0.2) is 8.78 Å². The molecule has 2 aromatic rings. The van der Waals surface area contributed by atoms with Crippen molar-refractivity contribution in [3.8, 4) is 0 Å². The number of carbonyl (C=O) groups is 3. The molecular weight excluding hydrogens is 386 g/mol. The third-order valence-electron chi connectivity index (χ3n) is 4.33. The zero-order valence-corrected chi connectivity index (χ0v) is 15.9. The number of thioether (sulfide) groups is 1. The Labute approximate surface area is 165 Å². The lowest BCUT2D eigenvalue weighted by atomic mass is 10.1. The summed E-state index contributed by atoms with van der Waals surface area (Å²) in [6, 6.07) is 9.53. The predicted molar refractivity (Wildman–Crippen MR) is 103 cm³/mol. The molecule has 1 aliphatic rings. The van der Waals surface area contributed by atoms with E-state index in [1.54, 1.807) is 31.2 Å². The molecule has 0 aliphatic carbocycles. The lowest BCUT2D eigenvalue weighted by molar-refractivity contribution is -0.115. The number of imide groups is 1. The fraction of sp³-hybridized carbons (Fsp3) is 0.250. The first-order chi connectivity index (χ1) is 13.4. The topological polar surface area (TPSA) is 66.5 Å². The zero-order chi connectivity index (χ0) is 20.3. The molecule has 0 aromatic heterocycles. The van der Waals surface area contributed by atoms with Gasteiger partial charge in [-0.05, 0) is 43.4 Å². The number of carbonyl (C=O) groups excluding carboxylic acids is 3. The average Bonchev–Trinajstić information content (AvgIpc) is 2.92. The Balaban J connectivity index is 1.46. The van der Waals surface area contributed by atoms with E-state index in [4.69, 9.17) is 0 Å². The SMILES string of the molecule is CC(SCCCN1C(=O)c2ccccc2C1=O)C(=O)Nc1cc(F)ccc1F. The summed E-state index contributed by atoms with van der Waals surface area (Å²) < 4.78 is 26.8. The summed E-state index contributed by atoms with van der Waals surface area (Å²) in [5.74, 6) is -1.89. The van der Waals surface area contributed by atoms with Crippen LogP contribution in [0.25, 0.3) is 0 Å². The van der Waals surface area contributed by atoms with Crippen molar-refractivity contribution < 1.29 is 23.2 Å². The highest BCUT2D eigenvalue weighted by atomic mass is 32.2. The number of nitrogens with zero attached hydrogens (tertiary/aromatic N) is 1. The van der Waals surface area contributed by atoms with Crippen molar-refractivity contribution in [3.05, 3.63) is 65.2 Å². The minimum absolute atomic E-state index is 0.205. The highest BCUT2D eigenvalue weighted by Crippen LogP contribution is 2.23. The van der Waals surface area contributed by atoms with Crippen molar-refractivity contribution in [2.75, 3.05) is 17.6 Å². The second-order valence-corrected chi connectivity index (χ2v) is 7.74. The van der Waals surface area contributed by atoms with Gasteiger partial charge in [0.15, 0.2) is 0 Å². The molecule has 0 radical (unpaired) electrons. The van der Waals surface area contributed by atoms with Crippen molar-refractivity contribution in [3.63, 3.8) is 0 Å². The van der Waals surface area contributed by atoms with Gasteiger partial charge < -0.3 is 5.32 Å². The van der Waals surface area contributed by atoms with Gasteiger partial charge >= 0.3 is 0 Å². The molecule has 0 bridgehead atoms. The van der Waals surface area contributed by atoms with E-state index in [1.807, 2.05) is 0 Å². The largest absolute Gasteiger partial charge is 0.323 e. The van der Waals surface area contributed by atoms with Crippen LogP contribution in [0.1, 0.15) is 34.1 Å². The van der Waals surface area contributed by atoms with Crippen molar-refractivity contribution in [1.29, 1.82) is 0 Å². The summed E-state index contributed by atoms with van der Waals surface area (Å²) in [5, 5.41) is 1.86. The van der Waals surface area contributed by atoms with E-state index in [2.05, 4.69) is 5.32 Å². The molecule has 0 saturated heterocycles. The first-order valence-corrected chi connectivity index (χ1v) is 9.76. The maximum absolute atomic E-state index is 13.6. The predicted octanol–water partition coefficient (Wildman–Crippen LogP) is 3.71. The molecule has 3 amide bonds. The number of hydrogen-bond acceptors (Lipinski definition) is 4. The van der Waals surface area contributed by atoms with E-state index in [9.17, 15) is 23.2 Å². The smallest absolute Gasteiger partial charge is 0.261 e. The van der Waals surface area contributed by atoms with Crippen molar-refractivity contribution >= 4 is 35.2 Å². The summed E-state index contributed by atoms with van der Waals surface area (Å²) in [7, 11) is 0. The maximum Gasteiger partial charge on any atom is 0.261 e. The lowest BCUT2D eigenvalue weighted by Crippen LogP contribution is -2.31. The van der Waals surface area contributed by atoms with E-state index in [0.29, 0.717) is 23.3 Å². The van der Waals surface area contributed by atoms with Crippen LogP contribution in [0.4, 0.5) is 14.5 Å². The Bertz CT molecular complexity index is 900. The van der Waals surface area contributed by atoms with Gasteiger partial charge in [0.05, 0.1) is 22.1 Å². The molecule has 2 aromatic carbocycles. The van der Waals surface area contributed by atoms with Crippen LogP contribution >= 0.6 is 11.8 Å². The normalized spacial score (nSPS) is 14.2. The summed E-state index contributed by atoms with van der Waals surface area (Å²) in [4.78, 5) is 37.9. The number of amides is 3. The second-order valence-electron chi connectivity index (χ2n) is 6.29. The molecule has 1 aliphatic heterocycles. The Morgan fingerprint density at radius 2 is 1.75 bits per heavy atom. The van der Waals surface area contributed by atoms with E-state index in [1.165, 1.54) is 16.7 Å². The van der Waals surface area contributed by atoms with Crippen LogP contribution in [0.15, 0.2) is 42.5 Å². The van der Waals surface area contributed by atoms with E-state index < -0.39 is 22.8 Å². The monoisotopic (exact) mass is 404 g/mol. The van der Waals surface area contributed by atoms with Gasteiger partial charge in [0.1, 0.15) is 11.6 Å². The molecule has 8 heteroatoms. The van der Waals surface area contributed by atoms with Crippen molar-refractivity contribution in [1.82, 2.24) is 4.90 Å². The van der Waals surface area contributed by atoms with Gasteiger partial charge in [-0.3, -0.25) is 19.3 Å². The third-order valence-corrected chi connectivity index (χ3v) is 5.57. The molecule has 5 nitrogen and oxygen atoms in total. The maximum atomic E-state index is 13.6. The van der Waals surface area contributed by atoms with Crippen molar-refractivity contribution in [2.24, 2.45) is 0 Å². The van der Waals surface area contributed by atoms with Gasteiger partial charge in [0.2, 0.25) is 5.91 Å². The fourth-order valence-corrected chi connectivity index (χ4v) is 3.69. The Morgan fingerprint density at radius 3 is 2.39 bits per heavy atom. The third kappa shape index (κ3) is 4.22. The summed E-state index contributed by atoms with van der Waals surface area (Å²) in [5.41, 5.74) is 0.610. The van der Waals surface area contributed by atoms with Crippen LogP contribution < -0.4 is 5.32 Å². The highest BCUT2D eigenvalue weighted by molar-refractivity contribution is 8.00. The number of benzene rings is 2. The molecule has 1 unspecified atom stereocenters. The first kappa shape index (κ1) is 20.0. The number of halogens is 2. The highest BCUT2D eigenvalue weighted by Gasteiger charge is 2.34. The number of nitrogens with one attached hydrogen (secondary N) is 1. The summed E-state index contributed by atoms with van der Waals surface area (Å²) in [6.07, 6.45) is 0.516. The van der Waals surface area contributed by atoms with Gasteiger partial charge in [-0.15, -0.1) is 11.8 Å². The zero-order valence-electron chi connectivity index (χ0n) is 15.1. The molecule has 1 N–H and O–H groups in total. The molecular formula is C20H18F2N2O3S. The van der Waals surface area contributed by atoms with Gasteiger partial charge in [-0.2, -0.15) is 0 Å². The average molecular weight is 404 g/mol. The quantitative estimate of drug-likeness (QED) is 0.564. The van der Waals surface area contributed by atoms with Crippen molar-refractivity contribution in [2.45, 2.75) is 18.6 Å². The van der Waals surface area contributed by atoms with Crippen LogP contribution in [-0.2, 0) is 4.79 Å². The van der Waals surface area contributed by atoms with Crippen LogP contribution in [0.5, 0.6) is 0 Å². The molecule has 1 atom stereocenters. The Morgan fingerprint density at radius 1 is 1.11 bits per heavy atom. The summed E-state index contributed by atoms with van der Waals surface area (Å²) in [6.45, 7) is 1.91.